The maximum atomic E-state index is 12.0. The number of pyridine rings is 1. The molecule has 0 radical (unpaired) electrons. The van der Waals surface area contributed by atoms with Gasteiger partial charge in [0.1, 0.15) is 0 Å². The van der Waals surface area contributed by atoms with Gasteiger partial charge in [-0.25, -0.2) is 0 Å². The molecule has 0 aliphatic heterocycles. The molecule has 0 saturated heterocycles. The highest BCUT2D eigenvalue weighted by molar-refractivity contribution is 6.05. The summed E-state index contributed by atoms with van der Waals surface area (Å²) in [5.41, 5.74) is 0.807. The number of amides is 1. The maximum Gasteiger partial charge on any atom is 0.252 e. The van der Waals surface area contributed by atoms with Crippen LogP contribution in [0.15, 0.2) is 35.1 Å². The van der Waals surface area contributed by atoms with Gasteiger partial charge >= 0.3 is 0 Å². The summed E-state index contributed by atoms with van der Waals surface area (Å²) < 4.78 is 0. The number of rotatable bonds is 4. The van der Waals surface area contributed by atoms with E-state index in [1.54, 1.807) is 6.07 Å². The first kappa shape index (κ1) is 12.3. The van der Waals surface area contributed by atoms with Crippen LogP contribution in [-0.2, 0) is 0 Å². The molecule has 18 heavy (non-hydrogen) atoms. The fraction of sp³-hybridized carbons (Fsp3) is 0.231. The second-order valence-electron chi connectivity index (χ2n) is 3.95. The molecule has 1 amide bonds. The van der Waals surface area contributed by atoms with E-state index in [9.17, 15) is 9.59 Å². The molecule has 0 aliphatic carbocycles. The molecule has 2 rings (SSSR count). The van der Waals surface area contributed by atoms with Gasteiger partial charge in [-0.1, -0.05) is 18.2 Å². The van der Waals surface area contributed by atoms with Crippen LogP contribution in [0.4, 0.5) is 0 Å². The van der Waals surface area contributed by atoms with Crippen molar-refractivity contribution in [3.63, 3.8) is 0 Å². The van der Waals surface area contributed by atoms with E-state index >= 15 is 0 Å². The lowest BCUT2D eigenvalue weighted by molar-refractivity contribution is 0.0955. The van der Waals surface area contributed by atoms with Crippen molar-refractivity contribution in [2.45, 2.75) is 0 Å². The third-order valence-electron chi connectivity index (χ3n) is 2.66. The predicted molar refractivity (Wildman–Crippen MR) is 70.8 cm³/mol. The van der Waals surface area contributed by atoms with Gasteiger partial charge in [-0.05, 0) is 13.1 Å². The zero-order chi connectivity index (χ0) is 13.0. The van der Waals surface area contributed by atoms with E-state index in [0.717, 1.165) is 5.39 Å². The summed E-state index contributed by atoms with van der Waals surface area (Å²) in [7, 11) is 1.81. The quantitative estimate of drug-likeness (QED) is 0.686. The third kappa shape index (κ3) is 2.57. The van der Waals surface area contributed by atoms with Crippen molar-refractivity contribution in [2.75, 3.05) is 20.1 Å². The molecule has 94 valence electrons. The Balaban J connectivity index is 2.37. The van der Waals surface area contributed by atoms with Crippen LogP contribution in [0.1, 0.15) is 10.4 Å². The highest BCUT2D eigenvalue weighted by atomic mass is 16.2. The van der Waals surface area contributed by atoms with E-state index in [-0.39, 0.29) is 11.5 Å². The van der Waals surface area contributed by atoms with Gasteiger partial charge in [-0.3, -0.25) is 9.59 Å². The molecule has 0 bridgehead atoms. The van der Waals surface area contributed by atoms with E-state index in [4.69, 9.17) is 0 Å². The van der Waals surface area contributed by atoms with Gasteiger partial charge in [0.15, 0.2) is 0 Å². The molecule has 0 spiro atoms. The predicted octanol–water partition coefficient (Wildman–Crippen LogP) is 0.477. The molecule has 1 aromatic carbocycles. The molecule has 0 fully saturated rings. The monoisotopic (exact) mass is 245 g/mol. The van der Waals surface area contributed by atoms with Crippen molar-refractivity contribution in [1.29, 1.82) is 0 Å². The van der Waals surface area contributed by atoms with Gasteiger partial charge < -0.3 is 15.6 Å². The normalized spacial score (nSPS) is 10.5. The van der Waals surface area contributed by atoms with Crippen LogP contribution in [0.5, 0.6) is 0 Å². The first-order valence-corrected chi connectivity index (χ1v) is 5.77. The average Bonchev–Trinajstić information content (AvgIpc) is 2.38. The molecule has 3 N–H and O–H groups in total. The summed E-state index contributed by atoms with van der Waals surface area (Å²) >= 11 is 0. The number of aromatic amines is 1. The van der Waals surface area contributed by atoms with E-state index in [1.807, 2.05) is 25.2 Å². The Morgan fingerprint density at radius 3 is 2.83 bits per heavy atom. The number of para-hydroxylation sites is 1. The summed E-state index contributed by atoms with van der Waals surface area (Å²) in [6.45, 7) is 1.21. The van der Waals surface area contributed by atoms with Gasteiger partial charge in [0, 0.05) is 30.1 Å². The number of carbonyl (C=O) groups is 1. The minimum Gasteiger partial charge on any atom is -0.351 e. The highest BCUT2D eigenvalue weighted by Gasteiger charge is 2.10. The average molecular weight is 245 g/mol. The van der Waals surface area contributed by atoms with Crippen molar-refractivity contribution in [3.8, 4) is 0 Å². The van der Waals surface area contributed by atoms with Gasteiger partial charge in [-0.15, -0.1) is 0 Å². The van der Waals surface area contributed by atoms with Gasteiger partial charge in [0.05, 0.1) is 5.56 Å². The summed E-state index contributed by atoms with van der Waals surface area (Å²) in [5.74, 6) is -0.229. The summed E-state index contributed by atoms with van der Waals surface area (Å²) in [6, 6.07) is 8.59. The summed E-state index contributed by atoms with van der Waals surface area (Å²) in [6.07, 6.45) is 0. The molecule has 5 heteroatoms. The third-order valence-corrected chi connectivity index (χ3v) is 2.66. The number of aromatic nitrogens is 1. The number of H-pyrrole nitrogens is 1. The van der Waals surface area contributed by atoms with Crippen molar-refractivity contribution >= 4 is 16.8 Å². The molecule has 0 atom stereocenters. The number of likely N-dealkylation sites (N-methyl/N-ethyl adjacent to an activating group) is 1. The molecule has 0 aliphatic rings. The number of hydrogen-bond donors (Lipinski definition) is 3. The molecule has 2 aromatic rings. The van der Waals surface area contributed by atoms with Gasteiger partial charge in [0.2, 0.25) is 5.56 Å². The minimum atomic E-state index is -0.271. The largest absolute Gasteiger partial charge is 0.351 e. The number of nitrogens with one attached hydrogen (secondary N) is 3. The zero-order valence-electron chi connectivity index (χ0n) is 10.1. The summed E-state index contributed by atoms with van der Waals surface area (Å²) in [5, 5.41) is 6.45. The maximum absolute atomic E-state index is 12.0. The zero-order valence-corrected chi connectivity index (χ0v) is 10.1. The number of benzene rings is 1. The molecule has 1 aromatic heterocycles. The lowest BCUT2D eigenvalue weighted by atomic mass is 10.1. The topological polar surface area (TPSA) is 74.0 Å². The second kappa shape index (κ2) is 5.46. The Morgan fingerprint density at radius 2 is 2.06 bits per heavy atom. The van der Waals surface area contributed by atoms with Gasteiger partial charge in [-0.2, -0.15) is 0 Å². The first-order valence-electron chi connectivity index (χ1n) is 5.77. The lowest BCUT2D eigenvalue weighted by Crippen LogP contribution is -2.31. The number of fused-ring (bicyclic) bond motifs is 1. The second-order valence-corrected chi connectivity index (χ2v) is 3.95. The fourth-order valence-corrected chi connectivity index (χ4v) is 1.79. The van der Waals surface area contributed by atoms with E-state index in [1.165, 1.54) is 6.07 Å². The number of hydrogen-bond acceptors (Lipinski definition) is 3. The van der Waals surface area contributed by atoms with Crippen LogP contribution in [0.3, 0.4) is 0 Å². The SMILES string of the molecule is CNCCNC(=O)c1cc(=O)[nH]c2ccccc12. The van der Waals surface area contributed by atoms with Crippen molar-refractivity contribution < 1.29 is 4.79 Å². The molecular formula is C13H15N3O2. The molecule has 1 heterocycles. The number of carbonyl (C=O) groups excluding carboxylic acids is 1. The van der Waals surface area contributed by atoms with Crippen LogP contribution >= 0.6 is 0 Å². The highest BCUT2D eigenvalue weighted by Crippen LogP contribution is 2.13. The molecule has 0 saturated carbocycles. The molecular weight excluding hydrogens is 230 g/mol. The first-order chi connectivity index (χ1) is 8.72. The van der Waals surface area contributed by atoms with Crippen molar-refractivity contribution in [1.82, 2.24) is 15.6 Å². The standard InChI is InChI=1S/C13H15N3O2/c1-14-6-7-15-13(18)10-8-12(17)16-11-5-3-2-4-9(10)11/h2-5,8,14H,6-7H2,1H3,(H,15,18)(H,16,17). The van der Waals surface area contributed by atoms with Crippen LogP contribution in [-0.4, -0.2) is 31.0 Å². The van der Waals surface area contributed by atoms with Gasteiger partial charge in [0.25, 0.3) is 5.91 Å². The van der Waals surface area contributed by atoms with Crippen molar-refractivity contribution in [3.05, 3.63) is 46.2 Å². The Hall–Kier alpha value is -2.14. The Morgan fingerprint density at radius 1 is 1.28 bits per heavy atom. The lowest BCUT2D eigenvalue weighted by Gasteiger charge is -2.07. The van der Waals surface area contributed by atoms with E-state index in [0.29, 0.717) is 24.2 Å². The van der Waals surface area contributed by atoms with E-state index in [2.05, 4.69) is 15.6 Å². The van der Waals surface area contributed by atoms with Crippen LogP contribution in [0, 0.1) is 0 Å². The smallest absolute Gasteiger partial charge is 0.252 e. The fourth-order valence-electron chi connectivity index (χ4n) is 1.79. The molecule has 5 nitrogen and oxygen atoms in total. The Bertz CT molecular complexity index is 619. The van der Waals surface area contributed by atoms with Crippen LogP contribution in [0.2, 0.25) is 0 Å². The van der Waals surface area contributed by atoms with Crippen LogP contribution < -0.4 is 16.2 Å². The van der Waals surface area contributed by atoms with Crippen LogP contribution in [0.25, 0.3) is 10.9 Å². The van der Waals surface area contributed by atoms with Crippen molar-refractivity contribution in [2.24, 2.45) is 0 Å². The summed E-state index contributed by atoms with van der Waals surface area (Å²) in [4.78, 5) is 26.2. The van der Waals surface area contributed by atoms with E-state index < -0.39 is 0 Å². The Labute approximate surface area is 104 Å². The minimum absolute atomic E-state index is 0.229. The Kier molecular flexibility index (Phi) is 3.74. The molecule has 0 unspecified atom stereocenters.